The van der Waals surface area contributed by atoms with Crippen molar-refractivity contribution in [2.75, 3.05) is 18.4 Å². The number of thiazole rings is 1. The van der Waals surface area contributed by atoms with Crippen molar-refractivity contribution >= 4 is 43.5 Å². The highest BCUT2D eigenvalue weighted by Gasteiger charge is 2.07. The summed E-state index contributed by atoms with van der Waals surface area (Å²) >= 11 is 1.61. The van der Waals surface area contributed by atoms with Crippen molar-refractivity contribution in [1.29, 1.82) is 0 Å². The third-order valence-electron chi connectivity index (χ3n) is 3.81. The van der Waals surface area contributed by atoms with E-state index in [0.717, 1.165) is 26.3 Å². The minimum atomic E-state index is -0.170. The minimum absolute atomic E-state index is 0.170. The molecule has 4 rings (SSSR count). The number of nitrogens with zero attached hydrogens (tertiary/aromatic N) is 2. The Morgan fingerprint density at radius 3 is 2.56 bits per heavy atom. The highest BCUT2D eigenvalue weighted by atomic mass is 32.1. The van der Waals surface area contributed by atoms with E-state index in [4.69, 9.17) is 0 Å². The zero-order valence-electron chi connectivity index (χ0n) is 13.4. The van der Waals surface area contributed by atoms with Gasteiger partial charge in [0.05, 0.1) is 15.7 Å². The number of aromatic nitrogens is 2. The Hall–Kier alpha value is -2.99. The molecular weight excluding hydrogens is 332 g/mol. The Morgan fingerprint density at radius 2 is 1.68 bits per heavy atom. The van der Waals surface area contributed by atoms with Crippen LogP contribution in [-0.2, 0) is 0 Å². The average Bonchev–Trinajstić information content (AvgIpc) is 3.07. The first-order chi connectivity index (χ1) is 12.3. The molecule has 25 heavy (non-hydrogen) atoms. The number of anilines is 1. The second-order valence-corrected chi connectivity index (χ2v) is 6.59. The summed E-state index contributed by atoms with van der Waals surface area (Å²) < 4.78 is 1.15. The number of fused-ring (bicyclic) bond motifs is 2. The van der Waals surface area contributed by atoms with Gasteiger partial charge in [-0.1, -0.05) is 47.7 Å². The lowest BCUT2D eigenvalue weighted by Gasteiger charge is -2.06. The molecule has 0 saturated carbocycles. The number of rotatable bonds is 5. The van der Waals surface area contributed by atoms with Gasteiger partial charge in [0.2, 0.25) is 0 Å². The van der Waals surface area contributed by atoms with Crippen molar-refractivity contribution in [1.82, 2.24) is 15.3 Å². The maximum Gasteiger partial charge on any atom is 0.269 e. The minimum Gasteiger partial charge on any atom is -0.360 e. The molecule has 6 heteroatoms. The Labute approximate surface area is 148 Å². The molecule has 124 valence electrons. The summed E-state index contributed by atoms with van der Waals surface area (Å²) in [6.45, 7) is 1.11. The molecule has 0 bridgehead atoms. The van der Waals surface area contributed by atoms with Gasteiger partial charge >= 0.3 is 0 Å². The number of pyridine rings is 1. The highest BCUT2D eigenvalue weighted by Crippen LogP contribution is 2.24. The van der Waals surface area contributed by atoms with Gasteiger partial charge in [-0.05, 0) is 24.3 Å². The summed E-state index contributed by atoms with van der Waals surface area (Å²) in [5.74, 6) is -0.170. The van der Waals surface area contributed by atoms with Crippen LogP contribution >= 0.6 is 11.3 Å². The van der Waals surface area contributed by atoms with Crippen molar-refractivity contribution in [2.45, 2.75) is 0 Å². The SMILES string of the molecule is O=C(NCCNc1nc2ccccc2s1)c1ccc2ccccc2n1. The van der Waals surface area contributed by atoms with E-state index in [9.17, 15) is 4.79 Å². The van der Waals surface area contributed by atoms with Gasteiger partial charge in [-0.3, -0.25) is 4.79 Å². The van der Waals surface area contributed by atoms with E-state index in [1.54, 1.807) is 17.4 Å². The van der Waals surface area contributed by atoms with Crippen molar-refractivity contribution < 1.29 is 4.79 Å². The molecule has 0 saturated heterocycles. The van der Waals surface area contributed by atoms with E-state index in [2.05, 4.69) is 20.6 Å². The molecule has 1 amide bonds. The lowest BCUT2D eigenvalue weighted by Crippen LogP contribution is -2.29. The third kappa shape index (κ3) is 3.44. The summed E-state index contributed by atoms with van der Waals surface area (Å²) in [6.07, 6.45) is 0. The molecule has 2 heterocycles. The summed E-state index contributed by atoms with van der Waals surface area (Å²) in [6, 6.07) is 19.4. The second kappa shape index (κ2) is 6.86. The fourth-order valence-corrected chi connectivity index (χ4v) is 3.47. The van der Waals surface area contributed by atoms with Gasteiger partial charge in [0.1, 0.15) is 5.69 Å². The van der Waals surface area contributed by atoms with Crippen LogP contribution in [0.5, 0.6) is 0 Å². The third-order valence-corrected chi connectivity index (χ3v) is 4.81. The molecule has 0 fully saturated rings. The fourth-order valence-electron chi connectivity index (χ4n) is 2.58. The normalized spacial score (nSPS) is 10.9. The number of carbonyl (C=O) groups excluding carboxylic acids is 1. The maximum atomic E-state index is 12.2. The standard InChI is InChI=1S/C19H16N4OS/c24-18(16-10-9-13-5-1-2-6-14(13)22-16)20-11-12-21-19-23-15-7-3-4-8-17(15)25-19/h1-10H,11-12H2,(H,20,24)(H,21,23). The van der Waals surface area contributed by atoms with Crippen LogP contribution in [0.25, 0.3) is 21.1 Å². The molecule has 0 aliphatic heterocycles. The van der Waals surface area contributed by atoms with E-state index in [-0.39, 0.29) is 5.91 Å². The van der Waals surface area contributed by atoms with Crippen LogP contribution in [-0.4, -0.2) is 29.0 Å². The average molecular weight is 348 g/mol. The lowest BCUT2D eigenvalue weighted by molar-refractivity contribution is 0.0950. The zero-order chi connectivity index (χ0) is 17.1. The van der Waals surface area contributed by atoms with E-state index >= 15 is 0 Å². The number of nitrogens with one attached hydrogen (secondary N) is 2. The summed E-state index contributed by atoms with van der Waals surface area (Å²) in [4.78, 5) is 21.1. The van der Waals surface area contributed by atoms with Crippen LogP contribution in [0.4, 0.5) is 5.13 Å². The maximum absolute atomic E-state index is 12.2. The first kappa shape index (κ1) is 15.5. The Kier molecular flexibility index (Phi) is 4.26. The Morgan fingerprint density at radius 1 is 0.880 bits per heavy atom. The smallest absolute Gasteiger partial charge is 0.269 e. The number of benzene rings is 2. The zero-order valence-corrected chi connectivity index (χ0v) is 14.2. The van der Waals surface area contributed by atoms with Crippen LogP contribution in [0.2, 0.25) is 0 Å². The molecule has 4 aromatic rings. The predicted octanol–water partition coefficient (Wildman–Crippen LogP) is 3.69. The highest BCUT2D eigenvalue weighted by molar-refractivity contribution is 7.22. The van der Waals surface area contributed by atoms with Crippen LogP contribution in [0.3, 0.4) is 0 Å². The predicted molar refractivity (Wildman–Crippen MR) is 102 cm³/mol. The molecule has 0 aliphatic rings. The lowest BCUT2D eigenvalue weighted by atomic mass is 10.2. The van der Waals surface area contributed by atoms with Gasteiger partial charge in [0.25, 0.3) is 5.91 Å². The van der Waals surface area contributed by atoms with Gasteiger partial charge in [0, 0.05) is 18.5 Å². The van der Waals surface area contributed by atoms with Crippen molar-refractivity contribution in [3.8, 4) is 0 Å². The molecule has 2 N–H and O–H groups in total. The molecule has 0 radical (unpaired) electrons. The summed E-state index contributed by atoms with van der Waals surface area (Å²) in [5, 5.41) is 8.01. The van der Waals surface area contributed by atoms with Gasteiger partial charge in [-0.15, -0.1) is 0 Å². The Bertz CT molecular complexity index is 1010. The van der Waals surface area contributed by atoms with Crippen LogP contribution in [0.15, 0.2) is 60.7 Å². The first-order valence-electron chi connectivity index (χ1n) is 8.03. The van der Waals surface area contributed by atoms with Crippen molar-refractivity contribution in [2.24, 2.45) is 0 Å². The van der Waals surface area contributed by atoms with Crippen molar-refractivity contribution in [3.05, 3.63) is 66.4 Å². The number of amides is 1. The number of hydrogen-bond acceptors (Lipinski definition) is 5. The van der Waals surface area contributed by atoms with E-state index < -0.39 is 0 Å². The quantitative estimate of drug-likeness (QED) is 0.540. The number of hydrogen-bond donors (Lipinski definition) is 2. The van der Waals surface area contributed by atoms with Gasteiger partial charge < -0.3 is 10.6 Å². The first-order valence-corrected chi connectivity index (χ1v) is 8.85. The molecule has 0 unspecified atom stereocenters. The van der Waals surface area contributed by atoms with Crippen LogP contribution in [0.1, 0.15) is 10.5 Å². The fraction of sp³-hybridized carbons (Fsp3) is 0.105. The van der Waals surface area contributed by atoms with E-state index in [1.807, 2.05) is 54.6 Å². The monoisotopic (exact) mass is 348 g/mol. The van der Waals surface area contributed by atoms with E-state index in [0.29, 0.717) is 18.8 Å². The summed E-state index contributed by atoms with van der Waals surface area (Å²) in [7, 11) is 0. The van der Waals surface area contributed by atoms with E-state index in [1.165, 1.54) is 0 Å². The van der Waals surface area contributed by atoms with Gasteiger partial charge in [0.15, 0.2) is 5.13 Å². The molecule has 0 aliphatic carbocycles. The molecular formula is C19H16N4OS. The molecule has 2 aromatic heterocycles. The molecule has 5 nitrogen and oxygen atoms in total. The topological polar surface area (TPSA) is 66.9 Å². The van der Waals surface area contributed by atoms with Crippen LogP contribution in [0, 0.1) is 0 Å². The van der Waals surface area contributed by atoms with Gasteiger partial charge in [-0.2, -0.15) is 0 Å². The molecule has 0 atom stereocenters. The summed E-state index contributed by atoms with van der Waals surface area (Å²) in [5.41, 5.74) is 2.24. The number of carbonyl (C=O) groups is 1. The van der Waals surface area contributed by atoms with Crippen molar-refractivity contribution in [3.63, 3.8) is 0 Å². The van der Waals surface area contributed by atoms with Crippen LogP contribution < -0.4 is 10.6 Å². The largest absolute Gasteiger partial charge is 0.360 e. The molecule has 0 spiro atoms. The Balaban J connectivity index is 1.33. The second-order valence-electron chi connectivity index (χ2n) is 5.56. The number of para-hydroxylation sites is 2. The molecule has 2 aromatic carbocycles. The van der Waals surface area contributed by atoms with Gasteiger partial charge in [-0.25, -0.2) is 9.97 Å².